The van der Waals surface area contributed by atoms with Gasteiger partial charge in [-0.15, -0.1) is 0 Å². The smallest absolute Gasteiger partial charge is 0.269 e. The lowest BCUT2D eigenvalue weighted by atomic mass is 10.1. The monoisotopic (exact) mass is 322 g/mol. The molecule has 6 nitrogen and oxygen atoms in total. The highest BCUT2D eigenvalue weighted by Gasteiger charge is 2.08. The van der Waals surface area contributed by atoms with Gasteiger partial charge in [0.2, 0.25) is 5.78 Å². The highest BCUT2D eigenvalue weighted by Crippen LogP contribution is 2.11. The molecule has 0 aliphatic carbocycles. The number of nitro groups is 1. The van der Waals surface area contributed by atoms with Gasteiger partial charge in [-0.1, -0.05) is 35.7 Å². The molecule has 2 aromatic carbocycles. The van der Waals surface area contributed by atoms with Crippen LogP contribution in [0.2, 0.25) is 0 Å². The number of carbonyl (C=O) groups excluding carboxylic acids is 2. The number of Topliss-reactive ketones (excluding diaryl/α,β-unsaturated/α-hetero) is 1. The van der Waals surface area contributed by atoms with Gasteiger partial charge in [0.25, 0.3) is 11.6 Å². The average Bonchev–Trinajstić information content (AvgIpc) is 2.59. The van der Waals surface area contributed by atoms with Crippen LogP contribution in [0.15, 0.2) is 48.5 Å². The number of nitro benzene ring substituents is 1. The molecule has 24 heavy (non-hydrogen) atoms. The Morgan fingerprint density at radius 1 is 1.04 bits per heavy atom. The maximum absolute atomic E-state index is 11.8. The summed E-state index contributed by atoms with van der Waals surface area (Å²) >= 11 is 0. The number of hydrogen-bond donors (Lipinski definition) is 1. The van der Waals surface area contributed by atoms with Crippen molar-refractivity contribution in [3.05, 3.63) is 75.3 Å². The number of benzene rings is 2. The zero-order valence-corrected chi connectivity index (χ0v) is 12.9. The van der Waals surface area contributed by atoms with Crippen LogP contribution in [0.3, 0.4) is 0 Å². The van der Waals surface area contributed by atoms with E-state index in [-0.39, 0.29) is 23.6 Å². The van der Waals surface area contributed by atoms with Crippen LogP contribution >= 0.6 is 0 Å². The Balaban J connectivity index is 1.89. The third-order valence-electron chi connectivity index (χ3n) is 3.19. The van der Waals surface area contributed by atoms with Gasteiger partial charge in [-0.3, -0.25) is 19.7 Å². The summed E-state index contributed by atoms with van der Waals surface area (Å²) < 4.78 is 0. The minimum absolute atomic E-state index is 0.00736. The van der Waals surface area contributed by atoms with Crippen molar-refractivity contribution in [3.63, 3.8) is 0 Å². The predicted octanol–water partition coefficient (Wildman–Crippen LogP) is 2.52. The van der Waals surface area contributed by atoms with E-state index >= 15 is 0 Å². The third-order valence-corrected chi connectivity index (χ3v) is 3.19. The molecule has 0 spiro atoms. The van der Waals surface area contributed by atoms with E-state index in [4.69, 9.17) is 0 Å². The summed E-state index contributed by atoms with van der Waals surface area (Å²) in [4.78, 5) is 33.7. The summed E-state index contributed by atoms with van der Waals surface area (Å²) in [6.07, 6.45) is 0. The van der Waals surface area contributed by atoms with E-state index < -0.39 is 10.8 Å². The second-order valence-electron chi connectivity index (χ2n) is 4.98. The van der Waals surface area contributed by atoms with Gasteiger partial charge in [0.15, 0.2) is 0 Å². The maximum Gasteiger partial charge on any atom is 0.269 e. The number of aryl methyl sites for hydroxylation is 1. The molecule has 0 aromatic heterocycles. The number of nitrogens with one attached hydrogen (secondary N) is 1. The van der Waals surface area contributed by atoms with Gasteiger partial charge >= 0.3 is 0 Å². The first-order chi connectivity index (χ1) is 11.5. The fraction of sp³-hybridized carbons (Fsp3) is 0.111. The molecule has 0 saturated carbocycles. The minimum Gasteiger partial charge on any atom is -0.341 e. The molecule has 0 atom stereocenters. The van der Waals surface area contributed by atoms with E-state index in [1.54, 1.807) is 12.1 Å². The van der Waals surface area contributed by atoms with E-state index in [0.29, 0.717) is 5.56 Å². The fourth-order valence-electron chi connectivity index (χ4n) is 1.86. The van der Waals surface area contributed by atoms with Crippen LogP contribution in [0.1, 0.15) is 26.3 Å². The summed E-state index contributed by atoms with van der Waals surface area (Å²) in [5.74, 6) is 4.31. The Bertz CT molecular complexity index is 828. The van der Waals surface area contributed by atoms with Crippen molar-refractivity contribution in [3.8, 4) is 11.8 Å². The molecule has 0 heterocycles. The van der Waals surface area contributed by atoms with E-state index in [0.717, 1.165) is 5.56 Å². The highest BCUT2D eigenvalue weighted by atomic mass is 16.6. The molecule has 1 amide bonds. The molecule has 120 valence electrons. The first kappa shape index (κ1) is 16.9. The minimum atomic E-state index is -0.538. The van der Waals surface area contributed by atoms with Gasteiger partial charge < -0.3 is 5.32 Å². The molecule has 0 aliphatic rings. The zero-order chi connectivity index (χ0) is 17.5. The topological polar surface area (TPSA) is 89.3 Å². The van der Waals surface area contributed by atoms with Crippen LogP contribution in [-0.4, -0.2) is 23.2 Å². The Morgan fingerprint density at radius 3 is 2.21 bits per heavy atom. The Hall–Kier alpha value is -3.46. The molecular weight excluding hydrogens is 308 g/mol. The van der Waals surface area contributed by atoms with Crippen LogP contribution in [0.4, 0.5) is 5.69 Å². The standard InChI is InChI=1S/C18H14N2O4/c1-13-4-6-14(7-5-13)17(21)3-2-12-19-18(22)15-8-10-16(11-9-15)20(23)24/h4-11H,12H2,1H3,(H,19,22). The summed E-state index contributed by atoms with van der Waals surface area (Å²) in [6.45, 7) is 1.93. The predicted molar refractivity (Wildman–Crippen MR) is 88.7 cm³/mol. The average molecular weight is 322 g/mol. The second-order valence-corrected chi connectivity index (χ2v) is 4.98. The molecule has 0 saturated heterocycles. The van der Waals surface area contributed by atoms with Crippen LogP contribution in [0.5, 0.6) is 0 Å². The fourth-order valence-corrected chi connectivity index (χ4v) is 1.86. The molecular formula is C18H14N2O4. The Kier molecular flexibility index (Phi) is 5.42. The number of hydrogen-bond acceptors (Lipinski definition) is 4. The van der Waals surface area contributed by atoms with Crippen LogP contribution in [0, 0.1) is 28.9 Å². The van der Waals surface area contributed by atoms with Gasteiger partial charge in [-0.25, -0.2) is 0 Å². The van der Waals surface area contributed by atoms with Gasteiger partial charge in [0.1, 0.15) is 0 Å². The van der Waals surface area contributed by atoms with Crippen LogP contribution in [0.25, 0.3) is 0 Å². The molecule has 0 bridgehead atoms. The Morgan fingerprint density at radius 2 is 1.62 bits per heavy atom. The number of non-ortho nitro benzene ring substituents is 1. The van der Waals surface area contributed by atoms with E-state index in [9.17, 15) is 19.7 Å². The second kappa shape index (κ2) is 7.70. The molecule has 1 N–H and O–H groups in total. The molecule has 0 unspecified atom stereocenters. The lowest BCUT2D eigenvalue weighted by molar-refractivity contribution is -0.384. The quantitative estimate of drug-likeness (QED) is 0.308. The number of ketones is 1. The lowest BCUT2D eigenvalue weighted by Gasteiger charge is -2.00. The van der Waals surface area contributed by atoms with Crippen molar-refractivity contribution in [2.45, 2.75) is 6.92 Å². The number of amides is 1. The molecule has 0 radical (unpaired) electrons. The maximum atomic E-state index is 11.8. The lowest BCUT2D eigenvalue weighted by Crippen LogP contribution is -2.23. The van der Waals surface area contributed by atoms with Gasteiger partial charge in [0, 0.05) is 23.3 Å². The third kappa shape index (κ3) is 4.52. The summed E-state index contributed by atoms with van der Waals surface area (Å²) in [6, 6.07) is 12.3. The van der Waals surface area contributed by atoms with Crippen molar-refractivity contribution in [2.24, 2.45) is 0 Å². The van der Waals surface area contributed by atoms with Gasteiger partial charge in [-0.2, -0.15) is 0 Å². The summed E-state index contributed by atoms with van der Waals surface area (Å²) in [5, 5.41) is 13.1. The normalized spacial score (nSPS) is 9.54. The molecule has 2 aromatic rings. The number of carbonyl (C=O) groups is 2. The van der Waals surface area contributed by atoms with E-state index in [2.05, 4.69) is 17.2 Å². The summed E-state index contributed by atoms with van der Waals surface area (Å²) in [7, 11) is 0. The number of nitrogens with zero attached hydrogens (tertiary/aromatic N) is 1. The first-order valence-corrected chi connectivity index (χ1v) is 7.10. The molecule has 0 fully saturated rings. The van der Waals surface area contributed by atoms with Gasteiger partial charge in [0.05, 0.1) is 11.5 Å². The van der Waals surface area contributed by atoms with Crippen LogP contribution < -0.4 is 5.32 Å². The molecule has 6 heteroatoms. The van der Waals surface area contributed by atoms with Crippen molar-refractivity contribution >= 4 is 17.4 Å². The summed E-state index contributed by atoms with van der Waals surface area (Å²) in [5.41, 5.74) is 1.74. The van der Waals surface area contributed by atoms with Crippen molar-refractivity contribution in [1.29, 1.82) is 0 Å². The number of rotatable bonds is 4. The van der Waals surface area contributed by atoms with E-state index in [1.807, 2.05) is 19.1 Å². The highest BCUT2D eigenvalue weighted by molar-refractivity contribution is 6.09. The van der Waals surface area contributed by atoms with Crippen molar-refractivity contribution in [1.82, 2.24) is 5.32 Å². The van der Waals surface area contributed by atoms with Crippen molar-refractivity contribution < 1.29 is 14.5 Å². The Labute approximate surface area is 138 Å². The van der Waals surface area contributed by atoms with Crippen molar-refractivity contribution in [2.75, 3.05) is 6.54 Å². The van der Waals surface area contributed by atoms with Crippen LogP contribution in [-0.2, 0) is 0 Å². The molecule has 0 aliphatic heterocycles. The van der Waals surface area contributed by atoms with E-state index in [1.165, 1.54) is 24.3 Å². The largest absolute Gasteiger partial charge is 0.341 e. The molecule has 2 rings (SSSR count). The van der Waals surface area contributed by atoms with Gasteiger partial charge in [-0.05, 0) is 25.0 Å². The SMILES string of the molecule is Cc1ccc(C(=O)C#CCNC(=O)c2ccc([N+](=O)[O-])cc2)cc1. The zero-order valence-electron chi connectivity index (χ0n) is 12.9. The first-order valence-electron chi connectivity index (χ1n) is 7.10.